The molecule has 0 radical (unpaired) electrons. The summed E-state index contributed by atoms with van der Waals surface area (Å²) >= 11 is 0. The number of carboxylic acid groups (broad SMARTS) is 1. The van der Waals surface area contributed by atoms with E-state index >= 15 is 0 Å². The summed E-state index contributed by atoms with van der Waals surface area (Å²) in [6, 6.07) is 3.51. The number of nitrogens with one attached hydrogen (secondary N) is 1. The number of hydrogen-bond acceptors (Lipinski definition) is 3. The maximum Gasteiger partial charge on any atom is 0.317 e. The van der Waals surface area contributed by atoms with E-state index in [4.69, 9.17) is 5.11 Å². The second-order valence-corrected chi connectivity index (χ2v) is 5.50. The van der Waals surface area contributed by atoms with Crippen LogP contribution < -0.4 is 5.32 Å². The summed E-state index contributed by atoms with van der Waals surface area (Å²) < 4.78 is 26.8. The van der Waals surface area contributed by atoms with Gasteiger partial charge in [0.05, 0.1) is 6.54 Å². The van der Waals surface area contributed by atoms with Gasteiger partial charge in [-0.05, 0) is 50.0 Å². The molecule has 0 aromatic heterocycles. The SMILES string of the molecule is O=C(O)CNCC1CCCN(Cc2cc(F)ccc2F)C1. The molecular weight excluding hydrogens is 278 g/mol. The summed E-state index contributed by atoms with van der Waals surface area (Å²) in [4.78, 5) is 12.6. The Kier molecular flexibility index (Phi) is 5.64. The molecule has 2 N–H and O–H groups in total. The van der Waals surface area contributed by atoms with Crippen LogP contribution in [0.25, 0.3) is 0 Å². The number of rotatable bonds is 6. The molecule has 6 heteroatoms. The van der Waals surface area contributed by atoms with Gasteiger partial charge >= 0.3 is 5.97 Å². The van der Waals surface area contributed by atoms with Gasteiger partial charge in [-0.2, -0.15) is 0 Å². The summed E-state index contributed by atoms with van der Waals surface area (Å²) in [6.45, 7) is 2.59. The lowest BCUT2D eigenvalue weighted by Crippen LogP contribution is -2.40. The van der Waals surface area contributed by atoms with Crippen molar-refractivity contribution in [2.24, 2.45) is 5.92 Å². The Morgan fingerprint density at radius 3 is 3.00 bits per heavy atom. The zero-order chi connectivity index (χ0) is 15.2. The Bertz CT molecular complexity index is 497. The number of hydrogen-bond donors (Lipinski definition) is 2. The first-order chi connectivity index (χ1) is 10.0. The monoisotopic (exact) mass is 298 g/mol. The van der Waals surface area contributed by atoms with Gasteiger partial charge in [0.25, 0.3) is 0 Å². The Morgan fingerprint density at radius 2 is 2.24 bits per heavy atom. The third-order valence-corrected chi connectivity index (χ3v) is 3.71. The van der Waals surface area contributed by atoms with E-state index in [0.29, 0.717) is 24.6 Å². The van der Waals surface area contributed by atoms with Crippen molar-refractivity contribution < 1.29 is 18.7 Å². The molecule has 1 heterocycles. The Hall–Kier alpha value is -1.53. The number of benzene rings is 1. The minimum absolute atomic E-state index is 0.0466. The molecule has 1 saturated heterocycles. The number of carbonyl (C=O) groups is 1. The minimum atomic E-state index is -0.871. The molecule has 1 aliphatic heterocycles. The van der Waals surface area contributed by atoms with Crippen LogP contribution >= 0.6 is 0 Å². The minimum Gasteiger partial charge on any atom is -0.480 e. The van der Waals surface area contributed by atoms with Crippen LogP contribution in [0.15, 0.2) is 18.2 Å². The maximum absolute atomic E-state index is 13.6. The van der Waals surface area contributed by atoms with Gasteiger partial charge in [-0.3, -0.25) is 9.69 Å². The smallest absolute Gasteiger partial charge is 0.317 e. The summed E-state index contributed by atoms with van der Waals surface area (Å²) in [5.74, 6) is -1.34. The van der Waals surface area contributed by atoms with Crippen molar-refractivity contribution >= 4 is 5.97 Å². The second kappa shape index (κ2) is 7.47. The van der Waals surface area contributed by atoms with Gasteiger partial charge in [0.2, 0.25) is 0 Å². The van der Waals surface area contributed by atoms with E-state index in [9.17, 15) is 13.6 Å². The van der Waals surface area contributed by atoms with Gasteiger partial charge in [-0.1, -0.05) is 0 Å². The fourth-order valence-electron chi connectivity index (χ4n) is 2.75. The first-order valence-electron chi connectivity index (χ1n) is 7.13. The van der Waals surface area contributed by atoms with Gasteiger partial charge < -0.3 is 10.4 Å². The van der Waals surface area contributed by atoms with Crippen molar-refractivity contribution in [3.05, 3.63) is 35.4 Å². The molecule has 116 valence electrons. The summed E-state index contributed by atoms with van der Waals surface area (Å²) in [6.07, 6.45) is 2.01. The van der Waals surface area contributed by atoms with E-state index in [1.54, 1.807) is 0 Å². The van der Waals surface area contributed by atoms with E-state index in [1.807, 2.05) is 0 Å². The summed E-state index contributed by atoms with van der Waals surface area (Å²) in [7, 11) is 0. The van der Waals surface area contributed by atoms with Crippen LogP contribution in [0.3, 0.4) is 0 Å². The molecule has 1 unspecified atom stereocenters. The fraction of sp³-hybridized carbons (Fsp3) is 0.533. The molecule has 1 aromatic rings. The molecule has 0 amide bonds. The molecule has 4 nitrogen and oxygen atoms in total. The van der Waals surface area contributed by atoms with Gasteiger partial charge in [0, 0.05) is 18.7 Å². The summed E-state index contributed by atoms with van der Waals surface area (Å²) in [5, 5.41) is 11.5. The third kappa shape index (κ3) is 5.06. The highest BCUT2D eigenvalue weighted by atomic mass is 19.1. The number of likely N-dealkylation sites (tertiary alicyclic amines) is 1. The van der Waals surface area contributed by atoms with Crippen molar-refractivity contribution in [1.29, 1.82) is 0 Å². The topological polar surface area (TPSA) is 52.6 Å². The highest BCUT2D eigenvalue weighted by molar-refractivity contribution is 5.68. The van der Waals surface area contributed by atoms with E-state index in [1.165, 1.54) is 6.07 Å². The van der Waals surface area contributed by atoms with E-state index in [2.05, 4.69) is 10.2 Å². The van der Waals surface area contributed by atoms with Crippen molar-refractivity contribution in [1.82, 2.24) is 10.2 Å². The molecule has 0 bridgehead atoms. The number of halogens is 2. The van der Waals surface area contributed by atoms with Crippen LogP contribution in [0, 0.1) is 17.6 Å². The fourth-order valence-corrected chi connectivity index (χ4v) is 2.75. The normalized spacial score (nSPS) is 19.6. The van der Waals surface area contributed by atoms with Crippen LogP contribution in [0.2, 0.25) is 0 Å². The standard InChI is InChI=1S/C15H20F2N2O2/c16-13-3-4-14(17)12(6-13)10-19-5-1-2-11(9-19)7-18-8-15(20)21/h3-4,6,11,18H,1-2,5,7-10H2,(H,20,21). The van der Waals surface area contributed by atoms with E-state index < -0.39 is 11.8 Å². The Balaban J connectivity index is 1.86. The first-order valence-corrected chi connectivity index (χ1v) is 7.13. The highest BCUT2D eigenvalue weighted by Crippen LogP contribution is 2.19. The lowest BCUT2D eigenvalue weighted by molar-refractivity contribution is -0.136. The van der Waals surface area contributed by atoms with Gasteiger partial charge in [0.15, 0.2) is 0 Å². The number of nitrogens with zero attached hydrogens (tertiary/aromatic N) is 1. The predicted molar refractivity (Wildman–Crippen MR) is 74.9 cm³/mol. The van der Waals surface area contributed by atoms with Crippen molar-refractivity contribution in [2.75, 3.05) is 26.2 Å². The molecule has 21 heavy (non-hydrogen) atoms. The van der Waals surface area contributed by atoms with Crippen LogP contribution in [0.5, 0.6) is 0 Å². The average Bonchev–Trinajstić information content (AvgIpc) is 2.43. The predicted octanol–water partition coefficient (Wildman–Crippen LogP) is 1.85. The van der Waals surface area contributed by atoms with Crippen LogP contribution in [-0.2, 0) is 11.3 Å². The highest BCUT2D eigenvalue weighted by Gasteiger charge is 2.20. The maximum atomic E-state index is 13.6. The molecule has 0 aliphatic carbocycles. The van der Waals surface area contributed by atoms with Crippen molar-refractivity contribution in [3.63, 3.8) is 0 Å². The first kappa shape index (κ1) is 15.9. The molecule has 1 aliphatic rings. The van der Waals surface area contributed by atoms with Gasteiger partial charge in [-0.15, -0.1) is 0 Å². The Labute approximate surface area is 122 Å². The average molecular weight is 298 g/mol. The van der Waals surface area contributed by atoms with E-state index in [0.717, 1.165) is 38.1 Å². The molecule has 1 fully saturated rings. The number of carboxylic acids is 1. The second-order valence-electron chi connectivity index (χ2n) is 5.50. The van der Waals surface area contributed by atoms with Gasteiger partial charge in [0.1, 0.15) is 11.6 Å². The lowest BCUT2D eigenvalue weighted by atomic mass is 9.97. The van der Waals surface area contributed by atoms with Gasteiger partial charge in [-0.25, -0.2) is 8.78 Å². The number of piperidine rings is 1. The lowest BCUT2D eigenvalue weighted by Gasteiger charge is -2.32. The Morgan fingerprint density at radius 1 is 1.43 bits per heavy atom. The van der Waals surface area contributed by atoms with Crippen molar-refractivity contribution in [3.8, 4) is 0 Å². The molecule has 1 aromatic carbocycles. The van der Waals surface area contributed by atoms with Crippen LogP contribution in [0.4, 0.5) is 8.78 Å². The van der Waals surface area contributed by atoms with Crippen LogP contribution in [-0.4, -0.2) is 42.2 Å². The van der Waals surface area contributed by atoms with E-state index in [-0.39, 0.29) is 12.4 Å². The number of aliphatic carboxylic acids is 1. The van der Waals surface area contributed by atoms with Crippen LogP contribution in [0.1, 0.15) is 18.4 Å². The summed E-state index contributed by atoms with van der Waals surface area (Å²) in [5.41, 5.74) is 0.370. The molecule has 0 saturated carbocycles. The molecule has 2 rings (SSSR count). The molecule has 0 spiro atoms. The zero-order valence-electron chi connectivity index (χ0n) is 11.8. The molecule has 1 atom stereocenters. The third-order valence-electron chi connectivity index (χ3n) is 3.71. The molecular formula is C15H20F2N2O2. The zero-order valence-corrected chi connectivity index (χ0v) is 11.8. The van der Waals surface area contributed by atoms with Crippen molar-refractivity contribution in [2.45, 2.75) is 19.4 Å². The quantitative estimate of drug-likeness (QED) is 0.841. The largest absolute Gasteiger partial charge is 0.480 e.